The van der Waals surface area contributed by atoms with Gasteiger partial charge in [0, 0.05) is 11.6 Å². The van der Waals surface area contributed by atoms with E-state index in [0.29, 0.717) is 35.5 Å². The fourth-order valence-corrected chi connectivity index (χ4v) is 4.86. The lowest BCUT2D eigenvalue weighted by atomic mass is 9.99. The average molecular weight is 481 g/mol. The van der Waals surface area contributed by atoms with E-state index < -0.39 is 10.0 Å². The van der Waals surface area contributed by atoms with Gasteiger partial charge in [0.25, 0.3) is 10.0 Å². The Morgan fingerprint density at radius 2 is 1.72 bits per heavy atom. The highest BCUT2D eigenvalue weighted by molar-refractivity contribution is 7.92. The summed E-state index contributed by atoms with van der Waals surface area (Å²) in [5.41, 5.74) is 0.386. The van der Waals surface area contributed by atoms with E-state index in [0.717, 1.165) is 30.0 Å². The number of nitrogens with one attached hydrogen (secondary N) is 1. The molecule has 0 aliphatic carbocycles. The first-order valence-corrected chi connectivity index (χ1v) is 12.9. The number of halogens is 1. The molecule has 1 N–H and O–H groups in total. The van der Waals surface area contributed by atoms with Crippen molar-refractivity contribution in [2.45, 2.75) is 51.3 Å². The van der Waals surface area contributed by atoms with E-state index in [1.165, 1.54) is 24.3 Å². The molecule has 1 amide bonds. The molecule has 0 heterocycles. The van der Waals surface area contributed by atoms with E-state index in [1.54, 1.807) is 24.3 Å². The van der Waals surface area contributed by atoms with Crippen molar-refractivity contribution in [2.75, 3.05) is 24.0 Å². The van der Waals surface area contributed by atoms with Gasteiger partial charge in [-0.1, -0.05) is 44.7 Å². The number of carbonyl (C=O) groups excluding carboxylic acids is 1. The average Bonchev–Trinajstić information content (AvgIpc) is 2.78. The van der Waals surface area contributed by atoms with Crippen LogP contribution in [0.5, 0.6) is 5.75 Å². The molecule has 176 valence electrons. The molecular weight excluding hydrogens is 448 g/mol. The van der Waals surface area contributed by atoms with Crippen molar-refractivity contribution >= 4 is 33.2 Å². The third kappa shape index (κ3) is 7.41. The number of hydrogen-bond donors (Lipinski definition) is 1. The van der Waals surface area contributed by atoms with Crippen LogP contribution in [0.15, 0.2) is 53.4 Å². The molecule has 6 nitrogen and oxygen atoms in total. The maximum Gasteiger partial charge on any atom is 0.264 e. The molecule has 0 aliphatic heterocycles. The number of sulfonamides is 1. The van der Waals surface area contributed by atoms with Crippen LogP contribution in [0.3, 0.4) is 0 Å². The van der Waals surface area contributed by atoms with E-state index in [9.17, 15) is 13.2 Å². The second kappa shape index (κ2) is 12.7. The van der Waals surface area contributed by atoms with Crippen molar-refractivity contribution in [3.63, 3.8) is 0 Å². The van der Waals surface area contributed by atoms with E-state index in [2.05, 4.69) is 19.2 Å². The quantitative estimate of drug-likeness (QED) is 0.424. The van der Waals surface area contributed by atoms with Gasteiger partial charge in [-0.15, -0.1) is 0 Å². The lowest BCUT2D eigenvalue weighted by Crippen LogP contribution is -2.42. The summed E-state index contributed by atoms with van der Waals surface area (Å²) < 4.78 is 33.4. The Morgan fingerprint density at radius 1 is 1.06 bits per heavy atom. The number of amides is 1. The summed E-state index contributed by atoms with van der Waals surface area (Å²) in [7, 11) is -3.98. The molecule has 32 heavy (non-hydrogen) atoms. The highest BCUT2D eigenvalue weighted by Crippen LogP contribution is 2.26. The Hall–Kier alpha value is -2.25. The lowest BCUT2D eigenvalue weighted by Gasteiger charge is -2.25. The summed E-state index contributed by atoms with van der Waals surface area (Å²) in [5, 5.41) is 3.35. The van der Waals surface area contributed by atoms with Crippen LogP contribution in [0.2, 0.25) is 5.02 Å². The molecule has 0 saturated heterocycles. The van der Waals surface area contributed by atoms with Crippen molar-refractivity contribution in [3.8, 4) is 5.75 Å². The highest BCUT2D eigenvalue weighted by Gasteiger charge is 2.27. The number of benzene rings is 2. The molecule has 0 aliphatic rings. The van der Waals surface area contributed by atoms with Crippen LogP contribution in [0, 0.1) is 5.92 Å². The van der Waals surface area contributed by atoms with E-state index >= 15 is 0 Å². The number of ether oxygens (including phenoxy) is 1. The molecule has 1 atom stereocenters. The Bertz CT molecular complexity index is 947. The van der Waals surface area contributed by atoms with Gasteiger partial charge in [-0.2, -0.15) is 0 Å². The SMILES string of the molecule is CCCC[C@@H](CC)CNC(=O)CN(c1ccc(OCC)cc1)S(=O)(=O)c1ccc(Cl)cc1. The van der Waals surface area contributed by atoms with Crippen LogP contribution in [0.4, 0.5) is 5.69 Å². The minimum absolute atomic E-state index is 0.0676. The Balaban J connectivity index is 2.25. The maximum atomic E-state index is 13.4. The summed E-state index contributed by atoms with van der Waals surface area (Å²) in [6.45, 7) is 6.84. The van der Waals surface area contributed by atoms with Gasteiger partial charge in [-0.05, 0) is 67.8 Å². The van der Waals surface area contributed by atoms with Crippen molar-refractivity contribution < 1.29 is 17.9 Å². The van der Waals surface area contributed by atoms with Gasteiger partial charge in [0.05, 0.1) is 17.2 Å². The maximum absolute atomic E-state index is 13.4. The Kier molecular flexibility index (Phi) is 10.3. The number of carbonyl (C=O) groups is 1. The molecule has 2 aromatic rings. The first-order valence-electron chi connectivity index (χ1n) is 11.1. The van der Waals surface area contributed by atoms with Crippen LogP contribution in [-0.2, 0) is 14.8 Å². The predicted molar refractivity (Wildman–Crippen MR) is 130 cm³/mol. The zero-order valence-electron chi connectivity index (χ0n) is 19.0. The molecular formula is C24H33ClN2O4S. The van der Waals surface area contributed by atoms with Gasteiger partial charge in [-0.25, -0.2) is 8.42 Å². The number of rotatable bonds is 13. The standard InChI is InChI=1S/C24H33ClN2O4S/c1-4-7-8-19(5-2)17-26-24(28)18-27(21-11-13-22(14-12-21)31-6-3)32(29,30)23-15-9-20(25)10-16-23/h9-16,19H,4-8,17-18H2,1-3H3,(H,26,28)/t19-/m1/s1. The minimum Gasteiger partial charge on any atom is -0.494 e. The fourth-order valence-electron chi connectivity index (χ4n) is 3.31. The first kappa shape index (κ1) is 26.0. The summed E-state index contributed by atoms with van der Waals surface area (Å²) in [5.74, 6) is 0.670. The highest BCUT2D eigenvalue weighted by atomic mass is 35.5. The van der Waals surface area contributed by atoms with Gasteiger partial charge in [0.15, 0.2) is 0 Å². The monoisotopic (exact) mass is 480 g/mol. The van der Waals surface area contributed by atoms with Crippen LogP contribution in [0.25, 0.3) is 0 Å². The van der Waals surface area contributed by atoms with Gasteiger partial charge in [0.1, 0.15) is 12.3 Å². The topological polar surface area (TPSA) is 75.7 Å². The molecule has 2 aromatic carbocycles. The largest absolute Gasteiger partial charge is 0.494 e. The van der Waals surface area contributed by atoms with Crippen LogP contribution >= 0.6 is 11.6 Å². The number of anilines is 1. The summed E-state index contributed by atoms with van der Waals surface area (Å²) in [6.07, 6.45) is 4.22. The molecule has 0 aromatic heterocycles. The molecule has 0 radical (unpaired) electrons. The van der Waals surface area contributed by atoms with Crippen LogP contribution in [-0.4, -0.2) is 34.0 Å². The predicted octanol–water partition coefficient (Wildman–Crippen LogP) is 5.27. The van der Waals surface area contributed by atoms with Crippen molar-refractivity contribution in [1.29, 1.82) is 0 Å². The molecule has 0 fully saturated rings. The molecule has 0 spiro atoms. The van der Waals surface area contributed by atoms with Crippen LogP contribution in [0.1, 0.15) is 46.5 Å². The summed E-state index contributed by atoms with van der Waals surface area (Å²) in [6, 6.07) is 12.6. The third-order valence-corrected chi connectivity index (χ3v) is 7.30. The number of unbranched alkanes of at least 4 members (excludes halogenated alkanes) is 1. The van der Waals surface area contributed by atoms with Crippen molar-refractivity contribution in [2.24, 2.45) is 5.92 Å². The molecule has 8 heteroatoms. The Morgan fingerprint density at radius 3 is 2.28 bits per heavy atom. The minimum atomic E-state index is -3.98. The summed E-state index contributed by atoms with van der Waals surface area (Å²) >= 11 is 5.92. The smallest absolute Gasteiger partial charge is 0.264 e. The number of nitrogens with zero attached hydrogens (tertiary/aromatic N) is 1. The second-order valence-electron chi connectivity index (χ2n) is 7.61. The zero-order valence-corrected chi connectivity index (χ0v) is 20.6. The normalized spacial score (nSPS) is 12.2. The molecule has 0 bridgehead atoms. The molecule has 2 rings (SSSR count). The van der Waals surface area contributed by atoms with Crippen LogP contribution < -0.4 is 14.4 Å². The van der Waals surface area contributed by atoms with Crippen molar-refractivity contribution in [3.05, 3.63) is 53.6 Å². The lowest BCUT2D eigenvalue weighted by molar-refractivity contribution is -0.119. The zero-order chi connectivity index (χ0) is 23.6. The van der Waals surface area contributed by atoms with Gasteiger partial charge < -0.3 is 10.1 Å². The number of hydrogen-bond acceptors (Lipinski definition) is 4. The van der Waals surface area contributed by atoms with E-state index in [4.69, 9.17) is 16.3 Å². The second-order valence-corrected chi connectivity index (χ2v) is 9.91. The first-order chi connectivity index (χ1) is 15.3. The Labute approximate surface area is 197 Å². The third-order valence-electron chi connectivity index (χ3n) is 5.26. The molecule has 0 saturated carbocycles. The summed E-state index contributed by atoms with van der Waals surface area (Å²) in [4.78, 5) is 12.8. The molecule has 0 unspecified atom stereocenters. The fraction of sp³-hybridized carbons (Fsp3) is 0.458. The van der Waals surface area contributed by atoms with E-state index in [1.807, 2.05) is 6.92 Å². The van der Waals surface area contributed by atoms with Gasteiger partial charge in [0.2, 0.25) is 5.91 Å². The van der Waals surface area contributed by atoms with E-state index in [-0.39, 0.29) is 17.3 Å². The van der Waals surface area contributed by atoms with Gasteiger partial charge >= 0.3 is 0 Å². The van der Waals surface area contributed by atoms with Crippen molar-refractivity contribution in [1.82, 2.24) is 5.32 Å². The van der Waals surface area contributed by atoms with Gasteiger partial charge in [-0.3, -0.25) is 9.10 Å².